The second-order valence-electron chi connectivity index (χ2n) is 20.0. The van der Waals surface area contributed by atoms with Gasteiger partial charge in [-0.05, 0) is 78.3 Å². The number of alkyl halides is 3. The molecule has 5 heterocycles. The number of β-amino-alcohol motifs (C(OH)–C–C–N with tert-alkyl or cyclic N) is 1. The molecule has 2 aliphatic heterocycles. The molecule has 0 unspecified atom stereocenters. The number of ether oxygens (including phenoxy) is 3. The van der Waals surface area contributed by atoms with Crippen LogP contribution in [-0.4, -0.2) is 111 Å². The van der Waals surface area contributed by atoms with Crippen LogP contribution in [-0.2, 0) is 54.2 Å². The third kappa shape index (κ3) is 13.6. The Morgan fingerprint density at radius 3 is 2.39 bits per heavy atom. The van der Waals surface area contributed by atoms with Crippen molar-refractivity contribution in [2.45, 2.75) is 97.3 Å². The van der Waals surface area contributed by atoms with Crippen molar-refractivity contribution in [3.8, 4) is 33.1 Å². The number of nitrogens with zero attached hydrogens (tertiary/aromatic N) is 6. The molecule has 1 saturated heterocycles. The molecule has 76 heavy (non-hydrogen) atoms. The lowest BCUT2D eigenvalue weighted by Crippen LogP contribution is -2.58. The van der Waals surface area contributed by atoms with E-state index in [2.05, 4.69) is 25.7 Å². The van der Waals surface area contributed by atoms with Crippen LogP contribution in [0.4, 0.5) is 24.7 Å². The van der Waals surface area contributed by atoms with Gasteiger partial charge in [-0.1, -0.05) is 63.2 Å². The highest BCUT2D eigenvalue weighted by molar-refractivity contribution is 7.13. The minimum Gasteiger partial charge on any atom is -0.453 e. The zero-order valence-corrected chi connectivity index (χ0v) is 43.7. The molecule has 0 bridgehead atoms. The number of rotatable bonds is 20. The van der Waals surface area contributed by atoms with Crippen LogP contribution in [0.1, 0.15) is 74.5 Å². The van der Waals surface area contributed by atoms with Crippen LogP contribution in [0.3, 0.4) is 0 Å². The summed E-state index contributed by atoms with van der Waals surface area (Å²) in [5, 5.41) is 21.0. The van der Waals surface area contributed by atoms with Gasteiger partial charge in [-0.15, -0.1) is 11.3 Å². The lowest BCUT2D eigenvalue weighted by atomic mass is 9.85. The SMILES string of the molecule is Cc1ncsc1-c1ccc([C@H](C)NC(=O)[C@@H]2C[C@@H](O)CN2C(=O)[C@@H](NC(=O)CCOCCOCCn2cc(-c3cnc(N)c(Oc4ccc5c(c4)CCN5C(=O)Cc4cccc(C(F)(F)F)c4)c3)cn2)C(C)(C)C)cc1. The Hall–Kier alpha value is -7.20. The Morgan fingerprint density at radius 2 is 1.67 bits per heavy atom. The van der Waals surface area contributed by atoms with Gasteiger partial charge in [0, 0.05) is 55.1 Å². The van der Waals surface area contributed by atoms with Crippen molar-refractivity contribution >= 4 is 46.5 Å². The Morgan fingerprint density at radius 1 is 0.908 bits per heavy atom. The monoisotopic (exact) mass is 1070 g/mol. The lowest BCUT2D eigenvalue weighted by Gasteiger charge is -2.35. The predicted molar refractivity (Wildman–Crippen MR) is 280 cm³/mol. The molecular weight excluding hydrogens is 1000 g/mol. The molecule has 6 aromatic rings. The number of aromatic nitrogens is 4. The van der Waals surface area contributed by atoms with Crippen molar-refractivity contribution in [1.29, 1.82) is 0 Å². The van der Waals surface area contributed by atoms with Gasteiger partial charge in [-0.2, -0.15) is 18.3 Å². The third-order valence-electron chi connectivity index (χ3n) is 13.3. The zero-order chi connectivity index (χ0) is 54.3. The van der Waals surface area contributed by atoms with Crippen LogP contribution in [0, 0.1) is 12.3 Å². The van der Waals surface area contributed by atoms with Gasteiger partial charge in [0.2, 0.25) is 23.6 Å². The molecule has 0 spiro atoms. The molecule has 8 rings (SSSR count). The van der Waals surface area contributed by atoms with Crippen molar-refractivity contribution in [3.63, 3.8) is 0 Å². The van der Waals surface area contributed by atoms with Gasteiger partial charge in [0.1, 0.15) is 17.8 Å². The van der Waals surface area contributed by atoms with Crippen molar-refractivity contribution < 1.29 is 51.7 Å². The normalized spacial score (nSPS) is 16.3. The van der Waals surface area contributed by atoms with Crippen LogP contribution in [0.15, 0.2) is 96.9 Å². The first kappa shape index (κ1) is 55.0. The van der Waals surface area contributed by atoms with E-state index in [1.54, 1.807) is 57.0 Å². The fourth-order valence-electron chi connectivity index (χ4n) is 9.18. The minimum absolute atomic E-state index is 0.0141. The van der Waals surface area contributed by atoms with Crippen molar-refractivity contribution in [1.82, 2.24) is 35.3 Å². The number of carbonyl (C=O) groups is 4. The fraction of sp³-hybridized carbons (Fsp3) is 0.400. The van der Waals surface area contributed by atoms with E-state index in [4.69, 9.17) is 19.9 Å². The maximum Gasteiger partial charge on any atom is 0.416 e. The second-order valence-corrected chi connectivity index (χ2v) is 20.9. The van der Waals surface area contributed by atoms with E-state index in [1.807, 2.05) is 71.1 Å². The molecule has 4 atom stereocenters. The number of hydrogen-bond acceptors (Lipinski definition) is 13. The summed E-state index contributed by atoms with van der Waals surface area (Å²) in [4.78, 5) is 66.8. The van der Waals surface area contributed by atoms with E-state index in [-0.39, 0.29) is 74.9 Å². The average molecular weight is 1070 g/mol. The van der Waals surface area contributed by atoms with Gasteiger partial charge in [-0.25, -0.2) is 9.97 Å². The van der Waals surface area contributed by atoms with Crippen LogP contribution in [0.2, 0.25) is 0 Å². The highest BCUT2D eigenvalue weighted by atomic mass is 32.1. The van der Waals surface area contributed by atoms with E-state index in [0.29, 0.717) is 48.9 Å². The van der Waals surface area contributed by atoms with Gasteiger partial charge >= 0.3 is 6.18 Å². The Bertz CT molecular complexity index is 3030. The van der Waals surface area contributed by atoms with Crippen LogP contribution < -0.4 is 26.0 Å². The number of aliphatic hydroxyl groups is 1. The number of carbonyl (C=O) groups excluding carboxylic acids is 4. The number of pyridine rings is 1. The largest absolute Gasteiger partial charge is 0.453 e. The van der Waals surface area contributed by atoms with Gasteiger partial charge in [0.05, 0.1) is 79.4 Å². The molecule has 17 nitrogen and oxygen atoms in total. The molecule has 3 aromatic carbocycles. The molecule has 5 N–H and O–H groups in total. The maximum absolute atomic E-state index is 14.1. The van der Waals surface area contributed by atoms with Gasteiger partial charge in [0.25, 0.3) is 0 Å². The number of aliphatic hydroxyl groups excluding tert-OH is 1. The van der Waals surface area contributed by atoms with E-state index < -0.39 is 47.2 Å². The van der Waals surface area contributed by atoms with Crippen molar-refractivity contribution in [2.75, 3.05) is 50.2 Å². The quantitative estimate of drug-likeness (QED) is 0.0542. The number of nitrogens with two attached hydrogens (primary N) is 1. The molecule has 4 amide bonds. The summed E-state index contributed by atoms with van der Waals surface area (Å²) in [5.41, 5.74) is 12.6. The summed E-state index contributed by atoms with van der Waals surface area (Å²) >= 11 is 1.56. The Kier molecular flexibility index (Phi) is 17.2. The third-order valence-corrected chi connectivity index (χ3v) is 14.3. The lowest BCUT2D eigenvalue weighted by molar-refractivity contribution is -0.144. The summed E-state index contributed by atoms with van der Waals surface area (Å²) in [6.07, 6.45) is 0.164. The molecule has 1 fully saturated rings. The van der Waals surface area contributed by atoms with E-state index >= 15 is 0 Å². The Balaban J connectivity index is 0.748. The average Bonchev–Trinajstić information content (AvgIpc) is 4.22. The molecule has 402 valence electrons. The molecular formula is C55H62F3N9O8S. The minimum atomic E-state index is -4.50. The number of halogens is 3. The standard InChI is InChI=1S/C55H62F3N9O8S/c1-33(36-9-11-37(12-10-36)49-34(2)61-32-76-49)63-52(71)45-27-42(68)31-67(45)53(72)50(54(3,4)5)64-47(69)16-19-73-21-22-74-20-18-65-30-40(29-62-65)39-26-46(51(59)60-28-39)75-43-13-14-44-38(25-43)15-17-66(44)48(70)24-35-7-6-8-41(23-35)55(56,57)58/h6-14,23,25-26,28-30,32-33,42,45,50,68H,15-22,24,27,31H2,1-5H3,(H2,59,60)(H,63,71)(H,64,69)/t33-,42+,45-,50+/m0/s1. The van der Waals surface area contributed by atoms with E-state index in [1.165, 1.54) is 17.0 Å². The topological polar surface area (TPSA) is 216 Å². The summed E-state index contributed by atoms with van der Waals surface area (Å²) < 4.78 is 59.0. The molecule has 3 aromatic heterocycles. The zero-order valence-electron chi connectivity index (χ0n) is 42.9. The number of nitrogen functional groups attached to an aromatic ring is 1. The molecule has 0 radical (unpaired) electrons. The molecule has 2 aliphatic rings. The van der Waals surface area contributed by atoms with Crippen molar-refractivity contribution in [3.05, 3.63) is 125 Å². The number of benzene rings is 3. The molecule has 0 aliphatic carbocycles. The highest BCUT2D eigenvalue weighted by Gasteiger charge is 2.45. The number of hydrogen-bond donors (Lipinski definition) is 4. The smallest absolute Gasteiger partial charge is 0.416 e. The number of aryl methyl sites for hydroxylation is 1. The number of fused-ring (bicyclic) bond motifs is 1. The second kappa shape index (κ2) is 23.8. The summed E-state index contributed by atoms with van der Waals surface area (Å²) in [5.74, 6) is -0.582. The first-order valence-electron chi connectivity index (χ1n) is 25.0. The number of likely N-dealkylation sites (tertiary alicyclic amines) is 1. The predicted octanol–water partition coefficient (Wildman–Crippen LogP) is 7.70. The van der Waals surface area contributed by atoms with E-state index in [9.17, 15) is 37.5 Å². The number of anilines is 2. The van der Waals surface area contributed by atoms with Crippen LogP contribution in [0.25, 0.3) is 21.6 Å². The first-order chi connectivity index (χ1) is 36.2. The number of thiazole rings is 1. The summed E-state index contributed by atoms with van der Waals surface area (Å²) in [6.45, 7) is 11.0. The molecule has 0 saturated carbocycles. The first-order valence-corrected chi connectivity index (χ1v) is 25.9. The number of amides is 4. The number of nitrogens with one attached hydrogen (secondary N) is 2. The van der Waals surface area contributed by atoms with Crippen molar-refractivity contribution in [2.24, 2.45) is 5.41 Å². The Labute approximate surface area is 442 Å². The van der Waals surface area contributed by atoms with Crippen LogP contribution in [0.5, 0.6) is 11.5 Å². The summed E-state index contributed by atoms with van der Waals surface area (Å²) in [7, 11) is 0. The highest BCUT2D eigenvalue weighted by Crippen LogP contribution is 2.37. The van der Waals surface area contributed by atoms with Gasteiger partial charge in [-0.3, -0.25) is 23.9 Å². The summed E-state index contributed by atoms with van der Waals surface area (Å²) in [6, 6.07) is 17.4. The fourth-order valence-corrected chi connectivity index (χ4v) is 9.99. The maximum atomic E-state index is 14.1. The van der Waals surface area contributed by atoms with Gasteiger partial charge < -0.3 is 45.5 Å². The van der Waals surface area contributed by atoms with E-state index in [0.717, 1.165) is 45.0 Å². The van der Waals surface area contributed by atoms with Crippen LogP contribution >= 0.6 is 11.3 Å². The molecule has 21 heteroatoms. The van der Waals surface area contributed by atoms with Gasteiger partial charge in [0.15, 0.2) is 11.6 Å².